The fraction of sp³-hybridized carbons (Fsp3) is 0.286. The molecule has 0 aromatic heterocycles. The molecule has 1 aromatic rings. The van der Waals surface area contributed by atoms with Gasteiger partial charge in [-0.2, -0.15) is 0 Å². The number of alkyl halides is 1. The molecule has 5 heteroatoms. The topological polar surface area (TPSA) is 49.4 Å². The van der Waals surface area contributed by atoms with Crippen molar-refractivity contribution in [2.24, 2.45) is 0 Å². The van der Waals surface area contributed by atoms with Crippen LogP contribution in [-0.4, -0.2) is 30.8 Å². The minimum Gasteiger partial charge on any atom is -0.344 e. The molecule has 4 nitrogen and oxygen atoms in total. The van der Waals surface area contributed by atoms with Crippen molar-refractivity contribution in [2.45, 2.75) is 6.92 Å². The molecule has 0 aliphatic rings. The smallest absolute Gasteiger partial charge is 0.242 e. The fourth-order valence-corrected chi connectivity index (χ4v) is 1.74. The van der Waals surface area contributed by atoms with Crippen LogP contribution in [0.1, 0.15) is 5.56 Å². The summed E-state index contributed by atoms with van der Waals surface area (Å²) in [7, 11) is 0. The van der Waals surface area contributed by atoms with Crippen LogP contribution >= 0.6 is 11.6 Å². The summed E-state index contributed by atoms with van der Waals surface area (Å²) in [6.45, 7) is 1.90. The van der Waals surface area contributed by atoms with Gasteiger partial charge in [-0.3, -0.25) is 9.59 Å². The van der Waals surface area contributed by atoms with E-state index in [2.05, 4.69) is 11.2 Å². The lowest BCUT2D eigenvalue weighted by atomic mass is 10.2. The molecule has 0 aliphatic heterocycles. The molecular weight excluding hydrogens is 264 g/mol. The maximum atomic E-state index is 11.8. The number of anilines is 1. The van der Waals surface area contributed by atoms with Gasteiger partial charge in [0.15, 0.2) is 0 Å². The van der Waals surface area contributed by atoms with Gasteiger partial charge >= 0.3 is 0 Å². The quantitative estimate of drug-likeness (QED) is 0.652. The molecule has 0 saturated heterocycles. The van der Waals surface area contributed by atoms with Crippen molar-refractivity contribution in [3.05, 3.63) is 29.8 Å². The predicted molar refractivity (Wildman–Crippen MR) is 76.1 cm³/mol. The van der Waals surface area contributed by atoms with E-state index in [0.29, 0.717) is 5.69 Å². The first-order valence-electron chi connectivity index (χ1n) is 5.72. The minimum absolute atomic E-state index is 0.0991. The molecule has 2 amide bonds. The van der Waals surface area contributed by atoms with Crippen LogP contribution in [-0.2, 0) is 9.59 Å². The van der Waals surface area contributed by atoms with Crippen LogP contribution in [0.3, 0.4) is 0 Å². The standard InChI is InChI=1S/C14H15ClN2O2/c1-3-8-16-13(18)10-17(14(19)9-15)12-7-5-4-6-11(12)2/h1,4-7H,8-10H2,2H3,(H,16,18). The minimum atomic E-state index is -0.327. The molecule has 1 aromatic carbocycles. The number of hydrogen-bond acceptors (Lipinski definition) is 2. The highest BCUT2D eigenvalue weighted by atomic mass is 35.5. The van der Waals surface area contributed by atoms with Gasteiger partial charge in [-0.1, -0.05) is 24.1 Å². The highest BCUT2D eigenvalue weighted by molar-refractivity contribution is 6.29. The Labute approximate surface area is 117 Å². The van der Waals surface area contributed by atoms with Gasteiger partial charge < -0.3 is 10.2 Å². The van der Waals surface area contributed by atoms with Crippen LogP contribution in [0.15, 0.2) is 24.3 Å². The lowest BCUT2D eigenvalue weighted by Gasteiger charge is -2.23. The zero-order valence-corrected chi connectivity index (χ0v) is 11.4. The number of carbonyl (C=O) groups excluding carboxylic acids is 2. The van der Waals surface area contributed by atoms with E-state index < -0.39 is 0 Å². The molecule has 0 atom stereocenters. The highest BCUT2D eigenvalue weighted by Gasteiger charge is 2.19. The Kier molecular flexibility index (Phi) is 5.91. The first-order valence-corrected chi connectivity index (χ1v) is 6.25. The Morgan fingerprint density at radius 1 is 1.42 bits per heavy atom. The maximum absolute atomic E-state index is 11.8. The second-order valence-electron chi connectivity index (χ2n) is 3.88. The van der Waals surface area contributed by atoms with Crippen molar-refractivity contribution in [1.82, 2.24) is 5.32 Å². The van der Waals surface area contributed by atoms with Gasteiger partial charge in [0.05, 0.1) is 6.54 Å². The van der Waals surface area contributed by atoms with E-state index in [1.54, 1.807) is 12.1 Å². The second-order valence-corrected chi connectivity index (χ2v) is 4.15. The molecule has 0 bridgehead atoms. The molecule has 0 aliphatic carbocycles. The summed E-state index contributed by atoms with van der Waals surface area (Å²) in [5.41, 5.74) is 1.56. The molecule has 0 spiro atoms. The summed E-state index contributed by atoms with van der Waals surface area (Å²) >= 11 is 5.58. The van der Waals surface area contributed by atoms with Crippen molar-refractivity contribution in [1.29, 1.82) is 0 Å². The third-order valence-corrected chi connectivity index (χ3v) is 2.74. The lowest BCUT2D eigenvalue weighted by molar-refractivity contribution is -0.122. The summed E-state index contributed by atoms with van der Waals surface area (Å²) in [6.07, 6.45) is 5.06. The molecule has 1 N–H and O–H groups in total. The summed E-state index contributed by atoms with van der Waals surface area (Å²) in [5, 5.41) is 2.52. The van der Waals surface area contributed by atoms with Crippen molar-refractivity contribution in [2.75, 3.05) is 23.9 Å². The molecule has 100 valence electrons. The third kappa shape index (κ3) is 4.31. The number of benzene rings is 1. The Bertz CT molecular complexity index is 508. The van der Waals surface area contributed by atoms with Gasteiger partial charge in [-0.05, 0) is 18.6 Å². The molecule has 19 heavy (non-hydrogen) atoms. The fourth-order valence-electron chi connectivity index (χ4n) is 1.60. The van der Waals surface area contributed by atoms with Crippen molar-refractivity contribution in [3.63, 3.8) is 0 Å². The Morgan fingerprint density at radius 2 is 2.11 bits per heavy atom. The van der Waals surface area contributed by atoms with Gasteiger partial charge in [0.1, 0.15) is 12.4 Å². The number of carbonyl (C=O) groups is 2. The maximum Gasteiger partial charge on any atom is 0.242 e. The van der Waals surface area contributed by atoms with Crippen LogP contribution in [0.4, 0.5) is 5.69 Å². The molecule has 0 heterocycles. The van der Waals surface area contributed by atoms with E-state index in [4.69, 9.17) is 18.0 Å². The Hall–Kier alpha value is -1.99. The number of halogens is 1. The monoisotopic (exact) mass is 278 g/mol. The van der Waals surface area contributed by atoms with Crippen LogP contribution in [0.5, 0.6) is 0 Å². The largest absolute Gasteiger partial charge is 0.344 e. The zero-order valence-electron chi connectivity index (χ0n) is 10.6. The molecule has 0 radical (unpaired) electrons. The molecule has 0 fully saturated rings. The first kappa shape index (κ1) is 15.1. The summed E-state index contributed by atoms with van der Waals surface area (Å²) in [6, 6.07) is 7.30. The normalized spacial score (nSPS) is 9.53. The number of nitrogens with one attached hydrogen (secondary N) is 1. The van der Waals surface area contributed by atoms with Crippen molar-refractivity contribution in [3.8, 4) is 12.3 Å². The molecule has 1 rings (SSSR count). The van der Waals surface area contributed by atoms with Crippen LogP contribution < -0.4 is 10.2 Å². The van der Waals surface area contributed by atoms with Gasteiger partial charge in [0.25, 0.3) is 0 Å². The SMILES string of the molecule is C#CCNC(=O)CN(C(=O)CCl)c1ccccc1C. The number of aryl methyl sites for hydroxylation is 1. The Balaban J connectivity index is 2.91. The summed E-state index contributed by atoms with van der Waals surface area (Å²) in [4.78, 5) is 24.9. The van der Waals surface area contributed by atoms with E-state index in [-0.39, 0.29) is 30.8 Å². The van der Waals surface area contributed by atoms with Gasteiger partial charge in [0.2, 0.25) is 11.8 Å². The van der Waals surface area contributed by atoms with E-state index >= 15 is 0 Å². The van der Waals surface area contributed by atoms with Gasteiger partial charge in [0, 0.05) is 5.69 Å². The van der Waals surface area contributed by atoms with Crippen LogP contribution in [0, 0.1) is 19.3 Å². The van der Waals surface area contributed by atoms with E-state index in [9.17, 15) is 9.59 Å². The summed E-state index contributed by atoms with van der Waals surface area (Å²) < 4.78 is 0. The average molecular weight is 279 g/mol. The summed E-state index contributed by atoms with van der Waals surface area (Å²) in [5.74, 6) is 1.47. The van der Waals surface area contributed by atoms with Crippen molar-refractivity contribution < 1.29 is 9.59 Å². The van der Waals surface area contributed by atoms with Gasteiger partial charge in [-0.25, -0.2) is 0 Å². The van der Waals surface area contributed by atoms with E-state index in [0.717, 1.165) is 5.56 Å². The highest BCUT2D eigenvalue weighted by Crippen LogP contribution is 2.19. The number of amides is 2. The van der Waals surface area contributed by atoms with Crippen molar-refractivity contribution >= 4 is 29.1 Å². The zero-order chi connectivity index (χ0) is 14.3. The predicted octanol–water partition coefficient (Wildman–Crippen LogP) is 1.32. The van der Waals surface area contributed by atoms with Gasteiger partial charge in [-0.15, -0.1) is 18.0 Å². The number of terminal acetylenes is 1. The molecular formula is C14H15ClN2O2. The first-order chi connectivity index (χ1) is 9.10. The lowest BCUT2D eigenvalue weighted by Crippen LogP contribution is -2.41. The number of para-hydroxylation sites is 1. The Morgan fingerprint density at radius 3 is 2.68 bits per heavy atom. The van der Waals surface area contributed by atoms with Crippen LogP contribution in [0.25, 0.3) is 0 Å². The van der Waals surface area contributed by atoms with Crippen LogP contribution in [0.2, 0.25) is 0 Å². The number of hydrogen-bond donors (Lipinski definition) is 1. The second kappa shape index (κ2) is 7.45. The molecule has 0 unspecified atom stereocenters. The number of nitrogens with zero attached hydrogens (tertiary/aromatic N) is 1. The average Bonchev–Trinajstić information content (AvgIpc) is 2.42. The molecule has 0 saturated carbocycles. The van der Waals surface area contributed by atoms with E-state index in [1.807, 2.05) is 19.1 Å². The third-order valence-electron chi connectivity index (χ3n) is 2.51. The number of rotatable bonds is 5. The van der Waals surface area contributed by atoms with E-state index in [1.165, 1.54) is 4.90 Å².